The lowest BCUT2D eigenvalue weighted by molar-refractivity contribution is -0.115. The van der Waals surface area contributed by atoms with Crippen LogP contribution in [0.4, 0.5) is 5.69 Å². The fourth-order valence-corrected chi connectivity index (χ4v) is 2.54. The van der Waals surface area contributed by atoms with Crippen molar-refractivity contribution >= 4 is 12.0 Å². The van der Waals surface area contributed by atoms with E-state index in [0.717, 1.165) is 25.8 Å². The van der Waals surface area contributed by atoms with Crippen molar-refractivity contribution in [3.63, 3.8) is 0 Å². The fraction of sp³-hybridized carbons (Fsp3) is 0.533. The van der Waals surface area contributed by atoms with Crippen molar-refractivity contribution in [2.24, 2.45) is 5.41 Å². The molecule has 18 heavy (non-hydrogen) atoms. The van der Waals surface area contributed by atoms with Gasteiger partial charge in [0.2, 0.25) is 0 Å². The van der Waals surface area contributed by atoms with Crippen molar-refractivity contribution in [3.05, 3.63) is 29.8 Å². The molecule has 0 saturated carbocycles. The van der Waals surface area contributed by atoms with Gasteiger partial charge in [-0.15, -0.1) is 0 Å². The van der Waals surface area contributed by atoms with Crippen LogP contribution in [0.5, 0.6) is 0 Å². The predicted octanol–water partition coefficient (Wildman–Crippen LogP) is 2.43. The number of hydrogen-bond acceptors (Lipinski definition) is 3. The predicted molar refractivity (Wildman–Crippen MR) is 73.0 cm³/mol. The largest absolute Gasteiger partial charge is 0.380 e. The Morgan fingerprint density at radius 2 is 2.22 bits per heavy atom. The molecule has 0 radical (unpaired) electrons. The molecule has 3 heteroatoms. The van der Waals surface area contributed by atoms with Gasteiger partial charge in [-0.3, -0.25) is 0 Å². The Morgan fingerprint density at radius 1 is 1.44 bits per heavy atom. The highest BCUT2D eigenvalue weighted by Crippen LogP contribution is 2.30. The maximum Gasteiger partial charge on any atom is 0.130 e. The van der Waals surface area contributed by atoms with Gasteiger partial charge >= 0.3 is 0 Å². The van der Waals surface area contributed by atoms with E-state index in [1.807, 2.05) is 12.1 Å². The number of nitrogens with zero attached hydrogens (tertiary/aromatic N) is 1. The molecule has 1 fully saturated rings. The van der Waals surface area contributed by atoms with Gasteiger partial charge in [0, 0.05) is 25.4 Å². The van der Waals surface area contributed by atoms with Gasteiger partial charge in [0.15, 0.2) is 0 Å². The molecule has 1 aromatic carbocycles. The Kier molecular flexibility index (Phi) is 4.02. The van der Waals surface area contributed by atoms with Crippen LogP contribution in [0.1, 0.15) is 18.9 Å². The quantitative estimate of drug-likeness (QED) is 0.748. The molecule has 0 bridgehead atoms. The van der Waals surface area contributed by atoms with Crippen molar-refractivity contribution in [1.82, 2.24) is 0 Å². The Bertz CT molecular complexity index is 411. The van der Waals surface area contributed by atoms with Crippen molar-refractivity contribution < 1.29 is 9.53 Å². The first kappa shape index (κ1) is 13.1. The van der Waals surface area contributed by atoms with E-state index in [9.17, 15) is 4.79 Å². The van der Waals surface area contributed by atoms with Crippen LogP contribution in [0.15, 0.2) is 24.3 Å². The molecule has 2 rings (SSSR count). The summed E-state index contributed by atoms with van der Waals surface area (Å²) in [5.41, 5.74) is 2.14. The molecule has 1 aliphatic heterocycles. The summed E-state index contributed by atoms with van der Waals surface area (Å²) in [6, 6.07) is 8.31. The van der Waals surface area contributed by atoms with Gasteiger partial charge in [-0.2, -0.15) is 0 Å². The van der Waals surface area contributed by atoms with E-state index in [0.29, 0.717) is 13.2 Å². The number of anilines is 1. The SMILES string of the molecule is CCN(CC1(C=O)CCOC1)c1ccccc1C. The number of carbonyl (C=O) groups is 1. The lowest BCUT2D eigenvalue weighted by atomic mass is 9.88. The lowest BCUT2D eigenvalue weighted by Gasteiger charge is -2.32. The molecule has 1 saturated heterocycles. The van der Waals surface area contributed by atoms with Crippen LogP contribution in [-0.4, -0.2) is 32.6 Å². The van der Waals surface area contributed by atoms with E-state index in [2.05, 4.69) is 30.9 Å². The molecule has 0 amide bonds. The summed E-state index contributed by atoms with van der Waals surface area (Å²) in [6.07, 6.45) is 1.92. The highest BCUT2D eigenvalue weighted by atomic mass is 16.5. The Balaban J connectivity index is 2.19. The summed E-state index contributed by atoms with van der Waals surface area (Å²) in [5, 5.41) is 0. The van der Waals surface area contributed by atoms with E-state index in [1.165, 1.54) is 11.3 Å². The van der Waals surface area contributed by atoms with Crippen LogP contribution in [0.2, 0.25) is 0 Å². The number of benzene rings is 1. The summed E-state index contributed by atoms with van der Waals surface area (Å²) >= 11 is 0. The first-order chi connectivity index (χ1) is 8.71. The van der Waals surface area contributed by atoms with Gasteiger partial charge in [-0.1, -0.05) is 18.2 Å². The zero-order chi connectivity index (χ0) is 13.0. The average Bonchev–Trinajstić information content (AvgIpc) is 2.86. The van der Waals surface area contributed by atoms with Crippen LogP contribution in [-0.2, 0) is 9.53 Å². The van der Waals surface area contributed by atoms with E-state index >= 15 is 0 Å². The Hall–Kier alpha value is -1.35. The molecule has 3 nitrogen and oxygen atoms in total. The summed E-state index contributed by atoms with van der Waals surface area (Å²) < 4.78 is 5.40. The summed E-state index contributed by atoms with van der Waals surface area (Å²) in [4.78, 5) is 13.7. The van der Waals surface area contributed by atoms with Crippen molar-refractivity contribution in [3.8, 4) is 0 Å². The minimum absolute atomic E-state index is 0.321. The number of para-hydroxylation sites is 1. The highest BCUT2D eigenvalue weighted by Gasteiger charge is 2.36. The number of aldehydes is 1. The third kappa shape index (κ3) is 2.56. The van der Waals surface area contributed by atoms with Gasteiger partial charge in [-0.25, -0.2) is 0 Å². The second-order valence-corrected chi connectivity index (χ2v) is 5.08. The lowest BCUT2D eigenvalue weighted by Crippen LogP contribution is -2.39. The van der Waals surface area contributed by atoms with Crippen molar-refractivity contribution in [1.29, 1.82) is 0 Å². The van der Waals surface area contributed by atoms with E-state index < -0.39 is 0 Å². The monoisotopic (exact) mass is 247 g/mol. The second kappa shape index (κ2) is 5.53. The number of hydrogen-bond donors (Lipinski definition) is 0. The van der Waals surface area contributed by atoms with Gasteiger partial charge < -0.3 is 14.4 Å². The van der Waals surface area contributed by atoms with Crippen molar-refractivity contribution in [2.45, 2.75) is 20.3 Å². The second-order valence-electron chi connectivity index (χ2n) is 5.08. The molecule has 1 heterocycles. The van der Waals surface area contributed by atoms with Gasteiger partial charge in [-0.05, 0) is 31.9 Å². The molecule has 1 aliphatic rings. The summed E-state index contributed by atoms with van der Waals surface area (Å²) in [5.74, 6) is 0. The smallest absolute Gasteiger partial charge is 0.130 e. The molecule has 98 valence electrons. The highest BCUT2D eigenvalue weighted by molar-refractivity contribution is 5.63. The molecule has 0 N–H and O–H groups in total. The first-order valence-electron chi connectivity index (χ1n) is 6.55. The number of ether oxygens (including phenoxy) is 1. The molecule has 1 atom stereocenters. The van der Waals surface area contributed by atoms with E-state index in [-0.39, 0.29) is 5.41 Å². The third-order valence-electron chi connectivity index (χ3n) is 3.73. The molecular weight excluding hydrogens is 226 g/mol. The average molecular weight is 247 g/mol. The zero-order valence-electron chi connectivity index (χ0n) is 11.2. The Morgan fingerprint density at radius 3 is 2.78 bits per heavy atom. The topological polar surface area (TPSA) is 29.5 Å². The van der Waals surface area contributed by atoms with Gasteiger partial charge in [0.1, 0.15) is 6.29 Å². The van der Waals surface area contributed by atoms with Crippen LogP contribution in [0, 0.1) is 12.3 Å². The number of rotatable bonds is 5. The molecule has 1 unspecified atom stereocenters. The normalized spacial score (nSPS) is 23.0. The minimum atomic E-state index is -0.321. The minimum Gasteiger partial charge on any atom is -0.380 e. The molecule has 0 spiro atoms. The first-order valence-corrected chi connectivity index (χ1v) is 6.55. The number of aryl methyl sites for hydroxylation is 1. The Labute approximate surface area is 109 Å². The van der Waals surface area contributed by atoms with Crippen LogP contribution in [0.3, 0.4) is 0 Å². The van der Waals surface area contributed by atoms with Crippen LogP contribution >= 0.6 is 0 Å². The number of carbonyl (C=O) groups excluding carboxylic acids is 1. The standard InChI is InChI=1S/C15H21NO2/c1-3-16(14-7-5-4-6-13(14)2)10-15(11-17)8-9-18-12-15/h4-7,11H,3,8-10,12H2,1-2H3. The van der Waals surface area contributed by atoms with E-state index in [4.69, 9.17) is 4.74 Å². The third-order valence-corrected chi connectivity index (χ3v) is 3.73. The van der Waals surface area contributed by atoms with Crippen LogP contribution in [0.25, 0.3) is 0 Å². The molecular formula is C15H21NO2. The van der Waals surface area contributed by atoms with Gasteiger partial charge in [0.05, 0.1) is 12.0 Å². The molecule has 1 aromatic rings. The zero-order valence-corrected chi connectivity index (χ0v) is 11.2. The maximum atomic E-state index is 11.4. The summed E-state index contributed by atoms with van der Waals surface area (Å²) in [7, 11) is 0. The van der Waals surface area contributed by atoms with Gasteiger partial charge in [0.25, 0.3) is 0 Å². The van der Waals surface area contributed by atoms with E-state index in [1.54, 1.807) is 0 Å². The van der Waals surface area contributed by atoms with Crippen molar-refractivity contribution in [2.75, 3.05) is 31.2 Å². The molecule has 0 aromatic heterocycles. The molecule has 0 aliphatic carbocycles. The fourth-order valence-electron chi connectivity index (χ4n) is 2.54. The maximum absolute atomic E-state index is 11.4. The summed E-state index contributed by atoms with van der Waals surface area (Å²) in [6.45, 7) is 7.14. The van der Waals surface area contributed by atoms with Crippen LogP contribution < -0.4 is 4.90 Å².